The van der Waals surface area contributed by atoms with Crippen molar-refractivity contribution in [3.05, 3.63) is 67.6 Å². The highest BCUT2D eigenvalue weighted by Crippen LogP contribution is 2.34. The molecule has 3 nitrogen and oxygen atoms in total. The lowest BCUT2D eigenvalue weighted by Crippen LogP contribution is -2.25. The van der Waals surface area contributed by atoms with Gasteiger partial charge in [0, 0.05) is 13.1 Å². The SMILES string of the molecule is Clc1ccc(CC(N=C2NCCN2)c2cccc(Cl)c2Cl)cc1Cl. The van der Waals surface area contributed by atoms with E-state index in [0.29, 0.717) is 26.5 Å². The Morgan fingerprint density at radius 3 is 2.38 bits per heavy atom. The number of rotatable bonds is 4. The van der Waals surface area contributed by atoms with Crippen LogP contribution in [0.1, 0.15) is 17.2 Å². The molecule has 1 unspecified atom stereocenters. The minimum atomic E-state index is -0.193. The third-order valence-electron chi connectivity index (χ3n) is 3.75. The van der Waals surface area contributed by atoms with Crippen LogP contribution in [0.25, 0.3) is 0 Å². The van der Waals surface area contributed by atoms with Crippen LogP contribution in [0.2, 0.25) is 20.1 Å². The van der Waals surface area contributed by atoms with Crippen molar-refractivity contribution in [2.75, 3.05) is 13.1 Å². The van der Waals surface area contributed by atoms with Gasteiger partial charge >= 0.3 is 0 Å². The second-order valence-electron chi connectivity index (χ2n) is 5.44. The Labute approximate surface area is 161 Å². The monoisotopic (exact) mass is 401 g/mol. The maximum Gasteiger partial charge on any atom is 0.192 e. The van der Waals surface area contributed by atoms with Crippen LogP contribution in [0.3, 0.4) is 0 Å². The van der Waals surface area contributed by atoms with Crippen LogP contribution in [0.15, 0.2) is 41.4 Å². The fourth-order valence-corrected chi connectivity index (χ4v) is 3.32. The van der Waals surface area contributed by atoms with Crippen molar-refractivity contribution in [1.29, 1.82) is 0 Å². The fourth-order valence-electron chi connectivity index (χ4n) is 2.56. The van der Waals surface area contributed by atoms with Crippen LogP contribution in [0.5, 0.6) is 0 Å². The second kappa shape index (κ2) is 7.83. The van der Waals surface area contributed by atoms with E-state index in [9.17, 15) is 0 Å². The number of aliphatic imine (C=N–C) groups is 1. The van der Waals surface area contributed by atoms with Crippen molar-refractivity contribution in [3.63, 3.8) is 0 Å². The van der Waals surface area contributed by atoms with Crippen LogP contribution in [-0.4, -0.2) is 19.0 Å². The van der Waals surface area contributed by atoms with E-state index >= 15 is 0 Å². The lowest BCUT2D eigenvalue weighted by molar-refractivity contribution is 0.716. The van der Waals surface area contributed by atoms with E-state index in [-0.39, 0.29) is 6.04 Å². The molecule has 0 bridgehead atoms. The number of hydrogen-bond donors (Lipinski definition) is 2. The van der Waals surface area contributed by atoms with Gasteiger partial charge in [0.05, 0.1) is 26.1 Å². The number of hydrogen-bond acceptors (Lipinski definition) is 1. The first-order valence-corrected chi connectivity index (χ1v) is 8.99. The molecule has 2 aromatic carbocycles. The molecular formula is C17H15Cl4N3. The molecule has 1 heterocycles. The summed E-state index contributed by atoms with van der Waals surface area (Å²) >= 11 is 24.7. The molecule has 0 amide bonds. The molecule has 0 saturated carbocycles. The summed E-state index contributed by atoms with van der Waals surface area (Å²) in [5.74, 6) is 0.760. The summed E-state index contributed by atoms with van der Waals surface area (Å²) in [5, 5.41) is 8.51. The number of halogens is 4. The minimum absolute atomic E-state index is 0.193. The maximum atomic E-state index is 6.41. The van der Waals surface area contributed by atoms with Gasteiger partial charge in [-0.1, -0.05) is 64.6 Å². The van der Waals surface area contributed by atoms with Gasteiger partial charge < -0.3 is 10.6 Å². The standard InChI is InChI=1S/C17H15Cl4N3/c18-12-5-4-10(8-14(12)20)9-15(24-17-22-6-7-23-17)11-2-1-3-13(19)16(11)21/h1-5,8,15H,6-7,9H2,(H2,22,23,24). The Morgan fingerprint density at radius 1 is 0.917 bits per heavy atom. The molecule has 0 aliphatic carbocycles. The van der Waals surface area contributed by atoms with Crippen molar-refractivity contribution < 1.29 is 0 Å². The maximum absolute atomic E-state index is 6.41. The molecule has 126 valence electrons. The second-order valence-corrected chi connectivity index (χ2v) is 7.04. The largest absolute Gasteiger partial charge is 0.355 e. The molecule has 2 N–H and O–H groups in total. The molecule has 1 atom stereocenters. The Balaban J connectivity index is 1.96. The van der Waals surface area contributed by atoms with Gasteiger partial charge in [-0.15, -0.1) is 0 Å². The number of guanidine groups is 1. The van der Waals surface area contributed by atoms with E-state index in [4.69, 9.17) is 51.4 Å². The smallest absolute Gasteiger partial charge is 0.192 e. The number of benzene rings is 2. The summed E-state index contributed by atoms with van der Waals surface area (Å²) < 4.78 is 0. The first-order valence-electron chi connectivity index (χ1n) is 7.48. The van der Waals surface area contributed by atoms with Crippen LogP contribution in [-0.2, 0) is 6.42 Å². The molecular weight excluding hydrogens is 388 g/mol. The first kappa shape index (κ1) is 17.7. The zero-order chi connectivity index (χ0) is 17.1. The normalized spacial score (nSPS) is 14.9. The van der Waals surface area contributed by atoms with Crippen molar-refractivity contribution in [2.24, 2.45) is 4.99 Å². The van der Waals surface area contributed by atoms with Gasteiger partial charge in [-0.2, -0.15) is 0 Å². The Hall–Kier alpha value is -1.13. The van der Waals surface area contributed by atoms with E-state index in [2.05, 4.69) is 10.6 Å². The molecule has 1 fully saturated rings. The molecule has 7 heteroatoms. The lowest BCUT2D eigenvalue weighted by Gasteiger charge is -2.17. The molecule has 0 aromatic heterocycles. The van der Waals surface area contributed by atoms with E-state index in [0.717, 1.165) is 30.2 Å². The molecule has 1 aliphatic rings. The number of nitrogens with zero attached hydrogens (tertiary/aromatic N) is 1. The predicted octanol–water partition coefficient (Wildman–Crippen LogP) is 5.13. The molecule has 0 radical (unpaired) electrons. The quantitative estimate of drug-likeness (QED) is 0.743. The Kier molecular flexibility index (Phi) is 5.77. The summed E-state index contributed by atoms with van der Waals surface area (Å²) in [6.07, 6.45) is 0.629. The lowest BCUT2D eigenvalue weighted by atomic mass is 9.99. The van der Waals surface area contributed by atoms with E-state index < -0.39 is 0 Å². The highest BCUT2D eigenvalue weighted by Gasteiger charge is 2.19. The van der Waals surface area contributed by atoms with Crippen molar-refractivity contribution >= 4 is 52.4 Å². The van der Waals surface area contributed by atoms with Gasteiger partial charge in [0.2, 0.25) is 0 Å². The van der Waals surface area contributed by atoms with Gasteiger partial charge in [-0.25, -0.2) is 4.99 Å². The molecule has 2 aromatic rings. The highest BCUT2D eigenvalue weighted by atomic mass is 35.5. The van der Waals surface area contributed by atoms with Crippen molar-refractivity contribution in [2.45, 2.75) is 12.5 Å². The molecule has 1 aliphatic heterocycles. The third-order valence-corrected chi connectivity index (χ3v) is 5.32. The van der Waals surface area contributed by atoms with Crippen molar-refractivity contribution in [1.82, 2.24) is 10.6 Å². The Morgan fingerprint density at radius 2 is 1.67 bits per heavy atom. The van der Waals surface area contributed by atoms with Crippen molar-refractivity contribution in [3.8, 4) is 0 Å². The summed E-state index contributed by atoms with van der Waals surface area (Å²) in [4.78, 5) is 4.77. The summed E-state index contributed by atoms with van der Waals surface area (Å²) in [5.41, 5.74) is 1.89. The minimum Gasteiger partial charge on any atom is -0.355 e. The zero-order valence-corrected chi connectivity index (χ0v) is 15.6. The Bertz CT molecular complexity index is 768. The average molecular weight is 403 g/mol. The predicted molar refractivity (Wildman–Crippen MR) is 103 cm³/mol. The molecule has 1 saturated heterocycles. The molecule has 0 spiro atoms. The fraction of sp³-hybridized carbons (Fsp3) is 0.235. The first-order chi connectivity index (χ1) is 11.5. The van der Waals surface area contributed by atoms with Gasteiger partial charge in [0.1, 0.15) is 0 Å². The topological polar surface area (TPSA) is 36.4 Å². The van der Waals surface area contributed by atoms with Crippen LogP contribution < -0.4 is 10.6 Å². The van der Waals surface area contributed by atoms with Gasteiger partial charge in [0.25, 0.3) is 0 Å². The van der Waals surface area contributed by atoms with Gasteiger partial charge in [0.15, 0.2) is 5.96 Å². The zero-order valence-electron chi connectivity index (χ0n) is 12.6. The van der Waals surface area contributed by atoms with Crippen LogP contribution in [0.4, 0.5) is 0 Å². The van der Waals surface area contributed by atoms with Crippen LogP contribution >= 0.6 is 46.4 Å². The number of nitrogens with one attached hydrogen (secondary N) is 2. The molecule has 3 rings (SSSR count). The van der Waals surface area contributed by atoms with Crippen LogP contribution in [0, 0.1) is 0 Å². The summed E-state index contributed by atoms with van der Waals surface area (Å²) in [6, 6.07) is 11.0. The van der Waals surface area contributed by atoms with Gasteiger partial charge in [-0.3, -0.25) is 0 Å². The third kappa shape index (κ3) is 4.09. The average Bonchev–Trinajstić information content (AvgIpc) is 3.06. The summed E-state index contributed by atoms with van der Waals surface area (Å²) in [6.45, 7) is 1.70. The highest BCUT2D eigenvalue weighted by molar-refractivity contribution is 6.42. The van der Waals surface area contributed by atoms with E-state index in [1.807, 2.05) is 24.3 Å². The van der Waals surface area contributed by atoms with Gasteiger partial charge in [-0.05, 0) is 35.7 Å². The summed E-state index contributed by atoms with van der Waals surface area (Å²) in [7, 11) is 0. The van der Waals surface area contributed by atoms with E-state index in [1.165, 1.54) is 0 Å². The van der Waals surface area contributed by atoms with E-state index in [1.54, 1.807) is 12.1 Å². The molecule has 24 heavy (non-hydrogen) atoms.